The molecule has 0 saturated heterocycles. The van der Waals surface area contributed by atoms with E-state index in [0.717, 1.165) is 0 Å². The van der Waals surface area contributed by atoms with Gasteiger partial charge in [0.15, 0.2) is 0 Å². The lowest BCUT2D eigenvalue weighted by atomic mass is 10.2. The Morgan fingerprint density at radius 2 is 0.333 bits per heavy atom. The van der Waals surface area contributed by atoms with Crippen molar-refractivity contribution in [3.05, 3.63) is 0 Å². The van der Waals surface area contributed by atoms with Gasteiger partial charge < -0.3 is 254 Å². The SMILES string of the molecule is O=C([O-])C(O)C(O)C(=O)[O-].[NH4+].[NH4+].[NH4+].[NH4+].[NH4+].[NH4+].[NH4+].[NH4+].[NH4+].[NH4+].[NH4+].[NH4+].[NH4+].[NH4+].[NH4+].[NH4+].[NH4+].[NH4+].[O-][Si]([O-])([O-])[O-].[O-][Si]([O-])([O-])[O-].[O-][Si]([O-])([O-])[O-].[O-][Si]([O-])([O-])[O-]. The average molecular weight is 841 g/mol. The zero-order chi connectivity index (χ0) is 26.3. The van der Waals surface area contributed by atoms with Crippen LogP contribution in [0.25, 0.3) is 0 Å². The van der Waals surface area contributed by atoms with Gasteiger partial charge in [-0.15, -0.1) is 0 Å². The van der Waals surface area contributed by atoms with Crippen LogP contribution in [0.4, 0.5) is 0 Å². The quantitative estimate of drug-likeness (QED) is 0.117. The number of hydrogen-bond donors (Lipinski definition) is 20. The van der Waals surface area contributed by atoms with Gasteiger partial charge in [0.05, 0.1) is 11.9 Å². The molecule has 0 radical (unpaired) electrons. The molecule has 0 heterocycles. The molecule has 0 aliphatic carbocycles. The van der Waals surface area contributed by atoms with Crippen LogP contribution in [0.5, 0.6) is 0 Å². The van der Waals surface area contributed by atoms with E-state index in [4.69, 9.17) is 86.9 Å². The number of aliphatic hydroxyl groups excluding tert-OH is 2. The number of carboxylic acids is 2. The van der Waals surface area contributed by atoms with Crippen LogP contribution in [-0.2, 0) is 9.59 Å². The highest BCUT2D eigenvalue weighted by molar-refractivity contribution is 6.39. The molecule has 0 aromatic rings. The van der Waals surface area contributed by atoms with E-state index in [0.29, 0.717) is 0 Å². The number of hydrogen-bond acceptors (Lipinski definition) is 22. The topological polar surface area (TPSA) is 1150 Å². The Morgan fingerprint density at radius 3 is 0.354 bits per heavy atom. The van der Waals surface area contributed by atoms with E-state index in [9.17, 15) is 19.8 Å². The van der Waals surface area contributed by atoms with Crippen molar-refractivity contribution in [3.63, 3.8) is 0 Å². The van der Waals surface area contributed by atoms with Gasteiger partial charge in [0.2, 0.25) is 0 Å². The van der Waals surface area contributed by atoms with Gasteiger partial charge in [-0.25, -0.2) is 0 Å². The number of quaternary nitrogens is 18. The summed E-state index contributed by atoms with van der Waals surface area (Å²) in [7, 11) is -22.4. The van der Waals surface area contributed by atoms with Gasteiger partial charge in [-0.05, 0) is 0 Å². The normalized spacial score (nSPS) is 8.29. The zero-order valence-electron chi connectivity index (χ0n) is 31.2. The molecule has 0 bridgehead atoms. The molecule has 330 valence electrons. The van der Waals surface area contributed by atoms with E-state index in [2.05, 4.69) is 0 Å². The lowest BCUT2D eigenvalue weighted by molar-refractivity contribution is -0.627. The van der Waals surface area contributed by atoms with Gasteiger partial charge >= 0.3 is 0 Å². The first kappa shape index (κ1) is 175. The standard InChI is InChI=1S/C4H6O6.18H3N.4O4Si/c5-1(3(7)8)2(6)4(9)10;;;;;;;;;;;;;;;;;;;4*1-5(2,3)4/h1-2,5-6H,(H,7,8)(H,9,10);18*1H3;;;;/q;;;;;;;;;;;;;;;;;;;4*-4/p+16. The molecule has 0 rings (SSSR count). The Kier molecular flexibility index (Phi) is 275. The summed E-state index contributed by atoms with van der Waals surface area (Å²) in [6.07, 6.45) is -4.88. The molecule has 0 aromatic heterocycles. The summed E-state index contributed by atoms with van der Waals surface area (Å²) < 4.78 is 0. The molecule has 0 saturated carbocycles. The molecule has 0 aliphatic heterocycles. The second-order valence-corrected chi connectivity index (χ2v) is 7.53. The summed E-state index contributed by atoms with van der Waals surface area (Å²) in [6.45, 7) is 0. The van der Waals surface area contributed by atoms with Crippen LogP contribution < -0.4 is 198 Å². The largest absolute Gasteiger partial charge is 0.894 e. The monoisotopic (exact) mass is 840 g/mol. The lowest BCUT2D eigenvalue weighted by Gasteiger charge is -2.67. The van der Waals surface area contributed by atoms with Gasteiger partial charge in [-0.1, -0.05) is 0 Å². The second kappa shape index (κ2) is 75.6. The molecule has 0 fully saturated rings. The Labute approximate surface area is 278 Å². The summed E-state index contributed by atoms with van der Waals surface area (Å²) in [6, 6.07) is 0. The van der Waals surface area contributed by atoms with Crippen LogP contribution in [-0.4, -0.2) is 70.6 Å². The summed E-state index contributed by atoms with van der Waals surface area (Å²) in [5.41, 5.74) is 0. The van der Waals surface area contributed by atoms with Crippen molar-refractivity contribution >= 4 is 48.1 Å². The summed E-state index contributed by atoms with van der Waals surface area (Å²) >= 11 is 0. The van der Waals surface area contributed by atoms with Gasteiger partial charge in [-0.2, -0.15) is 0 Å². The summed E-state index contributed by atoms with van der Waals surface area (Å²) in [5.74, 6) is -4.12. The number of aliphatic carboxylic acids is 2. The summed E-state index contributed by atoms with van der Waals surface area (Å²) in [5, 5.41) is 35.7. The maximum atomic E-state index is 9.63. The minimum atomic E-state index is -5.61. The first-order chi connectivity index (χ1) is 12.5. The molecular weight excluding hydrogens is 764 g/mol. The van der Waals surface area contributed by atoms with Crippen molar-refractivity contribution < 1.29 is 107 Å². The van der Waals surface area contributed by atoms with Crippen LogP contribution >= 0.6 is 0 Å². The number of carboxylic acid groups (broad SMARTS) is 2. The zero-order valence-corrected chi connectivity index (χ0v) is 35.2. The molecule has 44 heteroatoms. The van der Waals surface area contributed by atoms with Crippen LogP contribution in [0, 0.1) is 0 Å². The molecule has 40 nitrogen and oxygen atoms in total. The van der Waals surface area contributed by atoms with E-state index in [1.165, 1.54) is 0 Å². The van der Waals surface area contributed by atoms with Gasteiger partial charge in [0, 0.05) is 0 Å². The van der Waals surface area contributed by atoms with Crippen molar-refractivity contribution in [1.82, 2.24) is 111 Å². The number of carbonyl (C=O) groups excluding carboxylic acids is 2. The van der Waals surface area contributed by atoms with Crippen molar-refractivity contribution in [3.8, 4) is 0 Å². The van der Waals surface area contributed by atoms with E-state index in [-0.39, 0.29) is 111 Å². The predicted octanol–water partition coefficient (Wildman–Crippen LogP) is -18.6. The van der Waals surface area contributed by atoms with Gasteiger partial charge in [-0.3, -0.25) is 0 Å². The Hall–Kier alpha value is -1.63. The smallest absolute Gasteiger partial charge is 0.124 e. The highest BCUT2D eigenvalue weighted by Gasteiger charge is 2.17. The predicted molar refractivity (Wildman–Crippen MR) is 153 cm³/mol. The Balaban J connectivity index is -0.00000000725. The van der Waals surface area contributed by atoms with Crippen LogP contribution in [0.2, 0.25) is 0 Å². The van der Waals surface area contributed by atoms with Crippen molar-refractivity contribution in [1.29, 1.82) is 0 Å². The number of aliphatic hydroxyl groups is 2. The highest BCUT2D eigenvalue weighted by atomic mass is 28.4. The molecule has 0 amide bonds. The average Bonchev–Trinajstić information content (AvgIpc) is 2.28. The maximum Gasteiger partial charge on any atom is 0.124 e. The molecular formula is C4H76N18O22Si4. The van der Waals surface area contributed by atoms with Crippen molar-refractivity contribution in [2.24, 2.45) is 0 Å². The fourth-order valence-electron chi connectivity index (χ4n) is 0.258. The number of carbonyl (C=O) groups is 2. The van der Waals surface area contributed by atoms with E-state index < -0.39 is 60.3 Å². The van der Waals surface area contributed by atoms with Crippen LogP contribution in [0.1, 0.15) is 0 Å². The third-order valence-corrected chi connectivity index (χ3v) is 0.782. The molecule has 2 atom stereocenters. The maximum absolute atomic E-state index is 9.63. The van der Waals surface area contributed by atoms with E-state index >= 15 is 0 Å². The van der Waals surface area contributed by atoms with Gasteiger partial charge in [0.25, 0.3) is 0 Å². The molecule has 0 aliphatic rings. The van der Waals surface area contributed by atoms with Crippen molar-refractivity contribution in [2.75, 3.05) is 0 Å². The third kappa shape index (κ3) is 776. The molecule has 2 unspecified atom stereocenters. The minimum Gasteiger partial charge on any atom is -0.894 e. The number of rotatable bonds is 3. The van der Waals surface area contributed by atoms with Crippen LogP contribution in [0.15, 0.2) is 0 Å². The molecule has 0 aromatic carbocycles. The third-order valence-electron chi connectivity index (χ3n) is 0.782. The minimum absolute atomic E-state index is 0. The first-order valence-electron chi connectivity index (χ1n) is 5.51. The van der Waals surface area contributed by atoms with E-state index in [1.54, 1.807) is 0 Å². The van der Waals surface area contributed by atoms with Crippen molar-refractivity contribution in [2.45, 2.75) is 12.2 Å². The molecule has 0 spiro atoms. The fourth-order valence-corrected chi connectivity index (χ4v) is 0.258. The fraction of sp³-hybridized carbons (Fsp3) is 0.500. The highest BCUT2D eigenvalue weighted by Crippen LogP contribution is 1.88. The molecule has 74 N–H and O–H groups in total. The first-order valence-corrected chi connectivity index (χ1v) is 12.0. The van der Waals surface area contributed by atoms with E-state index in [1.807, 2.05) is 0 Å². The van der Waals surface area contributed by atoms with Crippen LogP contribution in [0.3, 0.4) is 0 Å². The second-order valence-electron chi connectivity index (χ2n) is 3.53. The molecule has 48 heavy (non-hydrogen) atoms. The Morgan fingerprint density at radius 1 is 0.292 bits per heavy atom. The van der Waals surface area contributed by atoms with Gasteiger partial charge in [0.1, 0.15) is 12.2 Å². The Bertz CT molecular complexity index is 396. The summed E-state index contributed by atoms with van der Waals surface area (Å²) in [4.78, 5) is 156. The lowest BCUT2D eigenvalue weighted by Crippen LogP contribution is -2.82.